The molecule has 0 saturated heterocycles. The molecule has 0 rings (SSSR count). The van der Waals surface area contributed by atoms with Crippen molar-refractivity contribution in [1.82, 2.24) is 0 Å². The van der Waals surface area contributed by atoms with Gasteiger partial charge in [-0.3, -0.25) is 0 Å². The first-order valence-corrected chi connectivity index (χ1v) is 2.92. The van der Waals surface area contributed by atoms with Crippen molar-refractivity contribution in [2.75, 3.05) is 0 Å². The van der Waals surface area contributed by atoms with Gasteiger partial charge >= 0.3 is 0 Å². The second-order valence-corrected chi connectivity index (χ2v) is 1.68. The lowest BCUT2D eigenvalue weighted by molar-refractivity contribution is 0.747. The number of rotatable bonds is 4. The molecule has 0 aromatic heterocycles. The van der Waals surface area contributed by atoms with Crippen molar-refractivity contribution < 1.29 is 0 Å². The molecule has 0 saturated carbocycles. The molecule has 0 aromatic carbocycles. The summed E-state index contributed by atoms with van der Waals surface area (Å²) >= 11 is 0. The van der Waals surface area contributed by atoms with Gasteiger partial charge in [-0.2, -0.15) is 5.26 Å². The minimum absolute atomic E-state index is 0.923. The fourth-order valence-corrected chi connectivity index (χ4v) is 0.488. The van der Waals surface area contributed by atoms with E-state index >= 15 is 0 Å². The molecule has 0 amide bonds. The summed E-state index contributed by atoms with van der Waals surface area (Å²) in [7, 11) is 0. The predicted octanol–water partition coefficient (Wildman–Crippen LogP) is 2.11. The average Bonchev–Trinajstić information content (AvgIpc) is 1.81. The largest absolute Gasteiger partial charge is 0.198 e. The van der Waals surface area contributed by atoms with Crippen molar-refractivity contribution in [1.29, 1.82) is 5.26 Å². The van der Waals surface area contributed by atoms with Crippen LogP contribution < -0.4 is 0 Å². The minimum Gasteiger partial charge on any atom is -0.198 e. The number of unbranched alkanes of at least 4 members (excludes halogenated alkanes) is 4. The van der Waals surface area contributed by atoms with Crippen molar-refractivity contribution >= 4 is 0 Å². The quantitative estimate of drug-likeness (QED) is 0.507. The van der Waals surface area contributed by atoms with E-state index in [4.69, 9.17) is 5.26 Å². The second-order valence-electron chi connectivity index (χ2n) is 1.68. The maximum atomic E-state index is 8.04. The van der Waals surface area contributed by atoms with Crippen LogP contribution in [0.15, 0.2) is 0 Å². The third-order valence-corrected chi connectivity index (χ3v) is 0.940. The Kier molecular flexibility index (Phi) is 6.08. The lowest BCUT2D eigenvalue weighted by Gasteiger charge is -1.89. The highest BCUT2D eigenvalue weighted by molar-refractivity contribution is 4.90. The van der Waals surface area contributed by atoms with Crippen molar-refractivity contribution in [3.05, 3.63) is 13.3 Å². The van der Waals surface area contributed by atoms with Crippen LogP contribution in [-0.4, -0.2) is 0 Å². The fourth-order valence-electron chi connectivity index (χ4n) is 0.488. The van der Waals surface area contributed by atoms with E-state index in [0.717, 1.165) is 25.7 Å². The maximum Gasteiger partial charge on any atom is 0.0669 e. The normalized spacial score (nSPS) is 8.50. The average molecular weight is 109 g/mol. The Morgan fingerprint density at radius 3 is 2.75 bits per heavy atom. The van der Waals surface area contributed by atoms with Gasteiger partial charge in [0.2, 0.25) is 0 Å². The third-order valence-electron chi connectivity index (χ3n) is 0.940. The first-order chi connectivity index (χ1) is 3.91. The van der Waals surface area contributed by atoms with E-state index < -0.39 is 0 Å². The molecule has 0 aromatic rings. The Morgan fingerprint density at radius 1 is 1.50 bits per heavy atom. The molecule has 0 N–H and O–H groups in total. The van der Waals surface area contributed by atoms with E-state index in [1.807, 2.05) is 6.07 Å². The summed E-state index contributed by atoms with van der Waals surface area (Å²) in [5.41, 5.74) is 0. The van der Waals surface area contributed by atoms with Gasteiger partial charge < -0.3 is 0 Å². The van der Waals surface area contributed by atoms with Crippen LogP contribution in [0, 0.1) is 24.7 Å². The predicted molar refractivity (Wildman–Crippen MR) is 33.7 cm³/mol. The van der Waals surface area contributed by atoms with Crippen molar-refractivity contribution in [2.45, 2.75) is 25.7 Å². The molecular formula is C7H11N. The highest BCUT2D eigenvalue weighted by Crippen LogP contribution is 1.99. The van der Waals surface area contributed by atoms with Crippen LogP contribution in [0.25, 0.3) is 0 Å². The van der Waals surface area contributed by atoms with Crippen LogP contribution >= 0.6 is 0 Å². The van der Waals surface area contributed by atoms with Gasteiger partial charge in [0.15, 0.2) is 0 Å². The maximum absolute atomic E-state index is 8.04. The SMILES string of the molecule is [CH2]CCCC[CH]C#N. The van der Waals surface area contributed by atoms with E-state index in [1.54, 1.807) is 6.42 Å². The first kappa shape index (κ1) is 7.49. The van der Waals surface area contributed by atoms with Gasteiger partial charge in [-0.15, -0.1) is 0 Å². The summed E-state index contributed by atoms with van der Waals surface area (Å²) in [6, 6.07) is 1.98. The third kappa shape index (κ3) is 5.49. The van der Waals surface area contributed by atoms with Gasteiger partial charge in [0.05, 0.1) is 12.5 Å². The highest BCUT2D eigenvalue weighted by atomic mass is 14.2. The summed E-state index contributed by atoms with van der Waals surface area (Å²) in [5.74, 6) is 0. The van der Waals surface area contributed by atoms with E-state index in [2.05, 4.69) is 6.92 Å². The summed E-state index contributed by atoms with van der Waals surface area (Å²) in [6.45, 7) is 3.69. The van der Waals surface area contributed by atoms with Crippen molar-refractivity contribution in [3.63, 3.8) is 0 Å². The number of nitriles is 1. The van der Waals surface area contributed by atoms with Gasteiger partial charge in [0.1, 0.15) is 0 Å². The first-order valence-electron chi connectivity index (χ1n) is 2.92. The molecule has 0 aliphatic heterocycles. The van der Waals surface area contributed by atoms with Gasteiger partial charge in [0.25, 0.3) is 0 Å². The summed E-state index contributed by atoms with van der Waals surface area (Å²) in [6.07, 6.45) is 5.79. The molecule has 0 aliphatic rings. The molecule has 8 heavy (non-hydrogen) atoms. The van der Waals surface area contributed by atoms with E-state index in [-0.39, 0.29) is 0 Å². The van der Waals surface area contributed by atoms with Crippen molar-refractivity contribution in [3.8, 4) is 6.07 Å². The Balaban J connectivity index is 2.65. The standard InChI is InChI=1S/C7H11N/c1-2-3-4-5-6-7-8/h6H,1-5H2. The number of hydrogen-bond donors (Lipinski definition) is 0. The Labute approximate surface area is 51.3 Å². The molecule has 0 unspecified atom stereocenters. The summed E-state index contributed by atoms with van der Waals surface area (Å²) in [4.78, 5) is 0. The van der Waals surface area contributed by atoms with E-state index in [1.165, 1.54) is 0 Å². The topological polar surface area (TPSA) is 23.8 Å². The number of nitrogens with zero attached hydrogens (tertiary/aromatic N) is 1. The molecule has 0 aliphatic carbocycles. The van der Waals surface area contributed by atoms with Crippen LogP contribution in [0.4, 0.5) is 0 Å². The van der Waals surface area contributed by atoms with Gasteiger partial charge in [-0.1, -0.05) is 26.2 Å². The number of hydrogen-bond acceptors (Lipinski definition) is 1. The molecule has 0 atom stereocenters. The Morgan fingerprint density at radius 2 is 2.25 bits per heavy atom. The molecule has 44 valence electrons. The molecule has 2 radical (unpaired) electrons. The van der Waals surface area contributed by atoms with Crippen LogP contribution in [0.1, 0.15) is 25.7 Å². The van der Waals surface area contributed by atoms with Crippen LogP contribution in [0.2, 0.25) is 0 Å². The van der Waals surface area contributed by atoms with Gasteiger partial charge in [0, 0.05) is 0 Å². The zero-order valence-corrected chi connectivity index (χ0v) is 5.06. The lowest BCUT2D eigenvalue weighted by atomic mass is 10.2. The second kappa shape index (κ2) is 6.49. The molecule has 0 spiro atoms. The molecule has 1 heteroatoms. The Bertz CT molecular complexity index is 70.9. The van der Waals surface area contributed by atoms with Crippen LogP contribution in [0.3, 0.4) is 0 Å². The monoisotopic (exact) mass is 109 g/mol. The van der Waals surface area contributed by atoms with E-state index in [9.17, 15) is 0 Å². The van der Waals surface area contributed by atoms with Gasteiger partial charge in [-0.25, -0.2) is 0 Å². The summed E-state index contributed by atoms with van der Waals surface area (Å²) < 4.78 is 0. The molecule has 0 fully saturated rings. The fraction of sp³-hybridized carbons (Fsp3) is 0.571. The minimum atomic E-state index is 0.923. The molecule has 1 nitrogen and oxygen atoms in total. The molecular weight excluding hydrogens is 98.1 g/mol. The Hall–Kier alpha value is -0.510. The van der Waals surface area contributed by atoms with Crippen LogP contribution in [0.5, 0.6) is 0 Å². The van der Waals surface area contributed by atoms with E-state index in [0.29, 0.717) is 0 Å². The molecule has 0 bridgehead atoms. The summed E-state index contributed by atoms with van der Waals surface area (Å²) in [5, 5.41) is 8.04. The zero-order chi connectivity index (χ0) is 6.24. The van der Waals surface area contributed by atoms with Crippen molar-refractivity contribution in [2.24, 2.45) is 0 Å². The zero-order valence-electron chi connectivity index (χ0n) is 5.06. The smallest absolute Gasteiger partial charge is 0.0669 e. The van der Waals surface area contributed by atoms with Gasteiger partial charge in [-0.05, 0) is 6.42 Å². The lowest BCUT2D eigenvalue weighted by Crippen LogP contribution is -1.73. The molecule has 0 heterocycles. The van der Waals surface area contributed by atoms with Crippen LogP contribution in [-0.2, 0) is 0 Å². The highest BCUT2D eigenvalue weighted by Gasteiger charge is 1.83.